The van der Waals surface area contributed by atoms with Gasteiger partial charge in [-0.3, -0.25) is 4.79 Å². The molecule has 1 aromatic rings. The van der Waals surface area contributed by atoms with Crippen molar-refractivity contribution >= 4 is 33.6 Å². The Balaban J connectivity index is 2.69. The minimum Gasteiger partial charge on any atom is -0.481 e. The second-order valence-corrected chi connectivity index (χ2v) is 5.04. The Labute approximate surface area is 120 Å². The SMILES string of the molecule is CCN(CC(C)C(=O)O)C(=O)Nc1ccccc1Br. The first kappa shape index (κ1) is 15.5. The number of carbonyl (C=O) groups is 2. The topological polar surface area (TPSA) is 69.6 Å². The summed E-state index contributed by atoms with van der Waals surface area (Å²) in [6, 6.07) is 6.96. The van der Waals surface area contributed by atoms with Crippen molar-refractivity contribution in [3.63, 3.8) is 0 Å². The quantitative estimate of drug-likeness (QED) is 0.872. The zero-order chi connectivity index (χ0) is 14.4. The second kappa shape index (κ2) is 7.13. The van der Waals surface area contributed by atoms with E-state index in [0.717, 1.165) is 4.47 Å². The normalized spacial score (nSPS) is 11.7. The maximum absolute atomic E-state index is 12.1. The van der Waals surface area contributed by atoms with E-state index in [-0.39, 0.29) is 12.6 Å². The number of nitrogens with zero attached hydrogens (tertiary/aromatic N) is 1. The molecule has 0 aromatic heterocycles. The Morgan fingerprint density at radius 1 is 1.42 bits per heavy atom. The number of aliphatic carboxylic acids is 1. The number of carbonyl (C=O) groups excluding carboxylic acids is 1. The molecule has 1 aromatic carbocycles. The summed E-state index contributed by atoms with van der Waals surface area (Å²) in [5, 5.41) is 11.6. The summed E-state index contributed by atoms with van der Waals surface area (Å²) in [5.41, 5.74) is 0.661. The predicted octanol–water partition coefficient (Wildman–Crippen LogP) is 3.02. The molecule has 0 fully saturated rings. The molecule has 2 N–H and O–H groups in total. The molecule has 0 aliphatic heterocycles. The number of benzene rings is 1. The van der Waals surface area contributed by atoms with Crippen LogP contribution in [0.4, 0.5) is 10.5 Å². The molecular weight excluding hydrogens is 312 g/mol. The van der Waals surface area contributed by atoms with Crippen LogP contribution in [0, 0.1) is 5.92 Å². The molecule has 1 atom stereocenters. The zero-order valence-electron chi connectivity index (χ0n) is 10.9. The van der Waals surface area contributed by atoms with Gasteiger partial charge < -0.3 is 15.3 Å². The van der Waals surface area contributed by atoms with Gasteiger partial charge in [0, 0.05) is 17.6 Å². The first-order chi connectivity index (χ1) is 8.95. The minimum absolute atomic E-state index is 0.183. The largest absolute Gasteiger partial charge is 0.481 e. The van der Waals surface area contributed by atoms with Gasteiger partial charge in [0.15, 0.2) is 0 Å². The molecule has 6 heteroatoms. The highest BCUT2D eigenvalue weighted by atomic mass is 79.9. The first-order valence-corrected chi connectivity index (χ1v) is 6.78. The molecule has 0 saturated carbocycles. The van der Waals surface area contributed by atoms with E-state index in [1.807, 2.05) is 25.1 Å². The molecule has 5 nitrogen and oxygen atoms in total. The lowest BCUT2D eigenvalue weighted by Crippen LogP contribution is -2.39. The van der Waals surface area contributed by atoms with Crippen LogP contribution in [0.1, 0.15) is 13.8 Å². The number of para-hydroxylation sites is 1. The summed E-state index contributed by atoms with van der Waals surface area (Å²) in [5.74, 6) is -1.50. The molecule has 2 amide bonds. The van der Waals surface area contributed by atoms with Crippen LogP contribution in [0.2, 0.25) is 0 Å². The molecule has 1 rings (SSSR count). The number of halogens is 1. The van der Waals surface area contributed by atoms with Crippen LogP contribution in [0.15, 0.2) is 28.7 Å². The van der Waals surface area contributed by atoms with Gasteiger partial charge in [0.25, 0.3) is 0 Å². The fourth-order valence-electron chi connectivity index (χ4n) is 1.52. The number of nitrogens with one attached hydrogen (secondary N) is 1. The van der Waals surface area contributed by atoms with Crippen molar-refractivity contribution in [2.24, 2.45) is 5.92 Å². The molecule has 19 heavy (non-hydrogen) atoms. The molecule has 0 heterocycles. The Bertz CT molecular complexity index is 465. The van der Waals surface area contributed by atoms with E-state index >= 15 is 0 Å². The Kier molecular flexibility index (Phi) is 5.82. The van der Waals surface area contributed by atoms with Gasteiger partial charge in [0.1, 0.15) is 0 Å². The maximum atomic E-state index is 12.1. The van der Waals surface area contributed by atoms with Gasteiger partial charge in [-0.15, -0.1) is 0 Å². The van der Waals surface area contributed by atoms with E-state index in [1.165, 1.54) is 4.90 Å². The Hall–Kier alpha value is -1.56. The summed E-state index contributed by atoms with van der Waals surface area (Å²) in [7, 11) is 0. The Morgan fingerprint density at radius 2 is 2.05 bits per heavy atom. The van der Waals surface area contributed by atoms with Gasteiger partial charge in [-0.1, -0.05) is 19.1 Å². The van der Waals surface area contributed by atoms with Gasteiger partial charge in [-0.2, -0.15) is 0 Å². The van der Waals surface area contributed by atoms with Crippen LogP contribution >= 0.6 is 15.9 Å². The van der Waals surface area contributed by atoms with Crippen molar-refractivity contribution in [1.29, 1.82) is 0 Å². The predicted molar refractivity (Wildman–Crippen MR) is 77.2 cm³/mol. The van der Waals surface area contributed by atoms with Crippen molar-refractivity contribution < 1.29 is 14.7 Å². The first-order valence-electron chi connectivity index (χ1n) is 5.99. The summed E-state index contributed by atoms with van der Waals surface area (Å²) in [6.07, 6.45) is 0. The lowest BCUT2D eigenvalue weighted by atomic mass is 10.2. The lowest BCUT2D eigenvalue weighted by Gasteiger charge is -2.23. The number of carboxylic acids is 1. The van der Waals surface area contributed by atoms with Crippen LogP contribution in [-0.4, -0.2) is 35.1 Å². The maximum Gasteiger partial charge on any atom is 0.321 e. The van der Waals surface area contributed by atoms with Crippen LogP contribution < -0.4 is 5.32 Å². The van der Waals surface area contributed by atoms with Gasteiger partial charge in [0.2, 0.25) is 0 Å². The van der Waals surface area contributed by atoms with Crippen molar-refractivity contribution in [3.05, 3.63) is 28.7 Å². The molecule has 0 bridgehead atoms. The average Bonchev–Trinajstić information content (AvgIpc) is 2.38. The average molecular weight is 329 g/mol. The van der Waals surface area contributed by atoms with Crippen LogP contribution in [0.25, 0.3) is 0 Å². The van der Waals surface area contributed by atoms with Crippen LogP contribution in [0.3, 0.4) is 0 Å². The van der Waals surface area contributed by atoms with Gasteiger partial charge in [-0.25, -0.2) is 4.79 Å². The molecule has 1 unspecified atom stereocenters. The van der Waals surface area contributed by atoms with Crippen molar-refractivity contribution in [2.45, 2.75) is 13.8 Å². The van der Waals surface area contributed by atoms with E-state index in [4.69, 9.17) is 5.11 Å². The van der Waals surface area contributed by atoms with E-state index in [1.54, 1.807) is 13.0 Å². The standard InChI is InChI=1S/C13H17BrN2O3/c1-3-16(8-9(2)12(17)18)13(19)15-11-7-5-4-6-10(11)14/h4-7,9H,3,8H2,1-2H3,(H,15,19)(H,17,18). The summed E-state index contributed by atoms with van der Waals surface area (Å²) in [4.78, 5) is 24.3. The summed E-state index contributed by atoms with van der Waals surface area (Å²) < 4.78 is 0.783. The third kappa shape index (κ3) is 4.55. The number of hydrogen-bond acceptors (Lipinski definition) is 2. The molecule has 0 saturated heterocycles. The van der Waals surface area contributed by atoms with E-state index in [9.17, 15) is 9.59 Å². The van der Waals surface area contributed by atoms with Gasteiger partial charge in [-0.05, 0) is 35.0 Å². The molecule has 0 aliphatic rings. The third-order valence-electron chi connectivity index (χ3n) is 2.70. The van der Waals surface area contributed by atoms with Gasteiger partial charge >= 0.3 is 12.0 Å². The fourth-order valence-corrected chi connectivity index (χ4v) is 1.91. The molecule has 104 valence electrons. The number of anilines is 1. The van der Waals surface area contributed by atoms with Crippen LogP contribution in [0.5, 0.6) is 0 Å². The fraction of sp³-hybridized carbons (Fsp3) is 0.385. The van der Waals surface area contributed by atoms with E-state index in [2.05, 4.69) is 21.2 Å². The monoisotopic (exact) mass is 328 g/mol. The van der Waals surface area contributed by atoms with Crippen molar-refractivity contribution in [1.82, 2.24) is 4.90 Å². The highest BCUT2D eigenvalue weighted by Gasteiger charge is 2.19. The van der Waals surface area contributed by atoms with Gasteiger partial charge in [0.05, 0.1) is 11.6 Å². The summed E-state index contributed by atoms with van der Waals surface area (Å²) in [6.45, 7) is 4.03. The van der Waals surface area contributed by atoms with E-state index < -0.39 is 11.9 Å². The second-order valence-electron chi connectivity index (χ2n) is 4.19. The smallest absolute Gasteiger partial charge is 0.321 e. The minimum atomic E-state index is -0.910. The molecule has 0 radical (unpaired) electrons. The number of amides is 2. The lowest BCUT2D eigenvalue weighted by molar-refractivity contribution is -0.141. The Morgan fingerprint density at radius 3 is 2.58 bits per heavy atom. The molecule has 0 spiro atoms. The number of carboxylic acid groups (broad SMARTS) is 1. The number of hydrogen-bond donors (Lipinski definition) is 2. The number of urea groups is 1. The third-order valence-corrected chi connectivity index (χ3v) is 3.39. The zero-order valence-corrected chi connectivity index (χ0v) is 12.5. The highest BCUT2D eigenvalue weighted by molar-refractivity contribution is 9.10. The van der Waals surface area contributed by atoms with Crippen molar-refractivity contribution in [3.8, 4) is 0 Å². The van der Waals surface area contributed by atoms with Crippen LogP contribution in [-0.2, 0) is 4.79 Å². The summed E-state index contributed by atoms with van der Waals surface area (Å²) >= 11 is 3.34. The molecular formula is C13H17BrN2O3. The molecule has 0 aliphatic carbocycles. The number of rotatable bonds is 5. The van der Waals surface area contributed by atoms with E-state index in [0.29, 0.717) is 12.2 Å². The van der Waals surface area contributed by atoms with Crippen molar-refractivity contribution in [2.75, 3.05) is 18.4 Å². The highest BCUT2D eigenvalue weighted by Crippen LogP contribution is 2.21.